The first kappa shape index (κ1) is 24.0. The second-order valence-corrected chi connectivity index (χ2v) is 14.1. The van der Waals surface area contributed by atoms with Crippen LogP contribution >= 0.6 is 0 Å². The van der Waals surface area contributed by atoms with E-state index in [9.17, 15) is 0 Å². The Morgan fingerprint density at radius 3 is 1.54 bits per heavy atom. The minimum absolute atomic E-state index is 0.0119. The molecule has 4 heteroatoms. The van der Waals surface area contributed by atoms with Crippen LogP contribution in [0.2, 0.25) is 4.13 Å². The molecule has 0 aliphatic carbocycles. The number of hydrogen-bond donors (Lipinski definition) is 0. The van der Waals surface area contributed by atoms with Crippen LogP contribution in [0.3, 0.4) is 0 Å². The zero-order valence-electron chi connectivity index (χ0n) is 17.7. The Labute approximate surface area is 168 Å². The van der Waals surface area contributed by atoms with Crippen molar-refractivity contribution in [2.75, 3.05) is 19.8 Å². The van der Waals surface area contributed by atoms with Crippen LogP contribution in [0.1, 0.15) is 78.7 Å². The van der Waals surface area contributed by atoms with E-state index in [4.69, 9.17) is 8.44 Å². The van der Waals surface area contributed by atoms with E-state index >= 15 is 0 Å². The minimum atomic E-state index is -3.63. The molecule has 0 saturated heterocycles. The molecule has 0 unspecified atom stereocenters. The molecule has 1 aromatic rings. The van der Waals surface area contributed by atoms with Crippen LogP contribution in [0, 0.1) is 0 Å². The molecule has 0 heterocycles. The van der Waals surface area contributed by atoms with Crippen LogP contribution < -0.4 is 0 Å². The summed E-state index contributed by atoms with van der Waals surface area (Å²) in [6, 6.07) is 10.7. The average Bonchev–Trinajstić information content (AvgIpc) is 2.63. The maximum atomic E-state index is 6.49. The van der Waals surface area contributed by atoms with Gasteiger partial charge in [-0.1, -0.05) is 0 Å². The molecular formula is C22H40O3Zr. The van der Waals surface area contributed by atoms with Crippen LogP contribution in [-0.2, 0) is 35.4 Å². The Hall–Kier alpha value is -0.0169. The van der Waals surface area contributed by atoms with Gasteiger partial charge in [-0.3, -0.25) is 0 Å². The van der Waals surface area contributed by atoms with E-state index < -0.39 is 21.6 Å². The van der Waals surface area contributed by atoms with Gasteiger partial charge in [0.2, 0.25) is 0 Å². The van der Waals surface area contributed by atoms with Crippen LogP contribution in [-0.4, -0.2) is 19.8 Å². The van der Waals surface area contributed by atoms with Crippen LogP contribution in [0.15, 0.2) is 30.3 Å². The SMILES string of the molecule is CCCC[O][Zr]([CH2]C(C)(C)c1ccccc1)([O]CCCC)[O]CCCC. The van der Waals surface area contributed by atoms with E-state index in [2.05, 4.69) is 65.0 Å². The Morgan fingerprint density at radius 1 is 0.731 bits per heavy atom. The van der Waals surface area contributed by atoms with Crippen molar-refractivity contribution >= 4 is 0 Å². The van der Waals surface area contributed by atoms with E-state index in [0.29, 0.717) is 0 Å². The first-order valence-electron chi connectivity index (χ1n) is 10.5. The van der Waals surface area contributed by atoms with Gasteiger partial charge in [-0.15, -0.1) is 0 Å². The third kappa shape index (κ3) is 8.78. The summed E-state index contributed by atoms with van der Waals surface area (Å²) in [5, 5.41) is 0. The maximum absolute atomic E-state index is 6.49. The Balaban J connectivity index is 2.98. The van der Waals surface area contributed by atoms with Gasteiger partial charge in [-0.05, 0) is 0 Å². The second kappa shape index (κ2) is 13.2. The molecule has 26 heavy (non-hydrogen) atoms. The molecule has 0 aromatic heterocycles. The third-order valence-corrected chi connectivity index (χ3v) is 12.7. The van der Waals surface area contributed by atoms with Gasteiger partial charge in [0.05, 0.1) is 0 Å². The molecule has 0 N–H and O–H groups in total. The zero-order chi connectivity index (χ0) is 19.3. The standard InChI is InChI=1S/C10H13.3C4H9O.Zr/c1-10(2,3)9-7-5-4-6-8-9;3*1-2-3-4-5;/h4-8H,1H2,2-3H3;3*2-4H2,1H3;/q;3*-1;+3. The monoisotopic (exact) mass is 442 g/mol. The van der Waals surface area contributed by atoms with Gasteiger partial charge in [-0.25, -0.2) is 0 Å². The fourth-order valence-corrected chi connectivity index (χ4v) is 10.8. The van der Waals surface area contributed by atoms with Gasteiger partial charge < -0.3 is 0 Å². The molecule has 0 fully saturated rings. The van der Waals surface area contributed by atoms with Crippen LogP contribution in [0.25, 0.3) is 0 Å². The summed E-state index contributed by atoms with van der Waals surface area (Å²) in [5.74, 6) is 0. The first-order valence-corrected chi connectivity index (χ1v) is 15.2. The predicted molar refractivity (Wildman–Crippen MR) is 107 cm³/mol. The van der Waals surface area contributed by atoms with Gasteiger partial charge >= 0.3 is 168 Å². The van der Waals surface area contributed by atoms with E-state index in [1.165, 1.54) is 5.56 Å². The summed E-state index contributed by atoms with van der Waals surface area (Å²) in [5.41, 5.74) is 1.32. The van der Waals surface area contributed by atoms with E-state index in [1.807, 2.05) is 0 Å². The first-order chi connectivity index (χ1) is 12.5. The summed E-state index contributed by atoms with van der Waals surface area (Å²) in [6.45, 7) is 13.5. The molecule has 0 radical (unpaired) electrons. The number of hydrogen-bond acceptors (Lipinski definition) is 3. The Kier molecular flexibility index (Phi) is 12.2. The van der Waals surface area contributed by atoms with E-state index in [1.54, 1.807) is 0 Å². The number of rotatable bonds is 15. The van der Waals surface area contributed by atoms with E-state index in [0.717, 1.165) is 62.5 Å². The molecule has 3 nitrogen and oxygen atoms in total. The molecule has 1 aromatic carbocycles. The van der Waals surface area contributed by atoms with Gasteiger partial charge in [0, 0.05) is 0 Å². The average molecular weight is 444 g/mol. The van der Waals surface area contributed by atoms with Crippen LogP contribution in [0.4, 0.5) is 0 Å². The molecule has 0 aliphatic rings. The molecule has 0 bridgehead atoms. The molecule has 150 valence electrons. The summed E-state index contributed by atoms with van der Waals surface area (Å²) < 4.78 is 20.4. The van der Waals surface area contributed by atoms with Crippen molar-refractivity contribution in [2.45, 2.75) is 82.7 Å². The molecule has 0 aliphatic heterocycles. The topological polar surface area (TPSA) is 27.7 Å². The third-order valence-electron chi connectivity index (χ3n) is 4.67. The second-order valence-electron chi connectivity index (χ2n) is 7.72. The summed E-state index contributed by atoms with van der Waals surface area (Å²) >= 11 is -3.63. The molecule has 0 spiro atoms. The van der Waals surface area contributed by atoms with Crippen molar-refractivity contribution in [3.05, 3.63) is 35.9 Å². The van der Waals surface area contributed by atoms with E-state index in [-0.39, 0.29) is 5.41 Å². The normalized spacial score (nSPS) is 12.5. The molecule has 0 atom stereocenters. The summed E-state index contributed by atoms with van der Waals surface area (Å²) in [4.78, 5) is 0. The fourth-order valence-electron chi connectivity index (χ4n) is 2.93. The predicted octanol–water partition coefficient (Wildman–Crippen LogP) is 6.73. The van der Waals surface area contributed by atoms with Gasteiger partial charge in [0.1, 0.15) is 0 Å². The Bertz CT molecular complexity index is 435. The summed E-state index contributed by atoms with van der Waals surface area (Å²) in [7, 11) is 0. The van der Waals surface area contributed by atoms with Crippen LogP contribution in [0.5, 0.6) is 0 Å². The molecular weight excluding hydrogens is 403 g/mol. The van der Waals surface area contributed by atoms with Gasteiger partial charge in [0.25, 0.3) is 0 Å². The molecule has 0 amide bonds. The van der Waals surface area contributed by atoms with Crippen molar-refractivity contribution in [2.24, 2.45) is 0 Å². The van der Waals surface area contributed by atoms with Crippen molar-refractivity contribution in [1.82, 2.24) is 0 Å². The summed E-state index contributed by atoms with van der Waals surface area (Å²) in [6.07, 6.45) is 6.60. The van der Waals surface area contributed by atoms with Crippen molar-refractivity contribution in [3.63, 3.8) is 0 Å². The van der Waals surface area contributed by atoms with Gasteiger partial charge in [0.15, 0.2) is 0 Å². The van der Waals surface area contributed by atoms with Crippen molar-refractivity contribution < 1.29 is 30.0 Å². The van der Waals surface area contributed by atoms with Gasteiger partial charge in [-0.2, -0.15) is 0 Å². The molecule has 1 rings (SSSR count). The molecule has 0 saturated carbocycles. The van der Waals surface area contributed by atoms with Crippen molar-refractivity contribution in [1.29, 1.82) is 0 Å². The quantitative estimate of drug-likeness (QED) is 0.281. The number of unbranched alkanes of at least 4 members (excludes halogenated alkanes) is 3. The zero-order valence-corrected chi connectivity index (χ0v) is 20.1. The van der Waals surface area contributed by atoms with Crippen molar-refractivity contribution in [3.8, 4) is 0 Å². The fraction of sp³-hybridized carbons (Fsp3) is 0.727. The number of benzene rings is 1. The Morgan fingerprint density at radius 2 is 1.15 bits per heavy atom.